The van der Waals surface area contributed by atoms with Crippen LogP contribution < -0.4 is 20.3 Å². The standard InChI is InChI=1S/C25H20N2O7/c28-20(29)13-26-24(31)21-23(30)18-11-17(34-16-9-5-2-6-10-16)12-19(22(18)27-25(21)32)33-14-15-7-3-1-4-8-15/h1-12H,13-14H2,(H,26,31)(H,28,29)(H2,27,30,32). The van der Waals surface area contributed by atoms with Crippen molar-refractivity contribution in [3.63, 3.8) is 0 Å². The van der Waals surface area contributed by atoms with Gasteiger partial charge in [0, 0.05) is 11.5 Å². The normalized spacial score (nSPS) is 10.6. The summed E-state index contributed by atoms with van der Waals surface area (Å²) in [5.74, 6) is -1.90. The molecule has 0 saturated carbocycles. The zero-order chi connectivity index (χ0) is 24.1. The molecule has 0 aliphatic rings. The monoisotopic (exact) mass is 460 g/mol. The molecule has 0 unspecified atom stereocenters. The molecule has 1 heterocycles. The summed E-state index contributed by atoms with van der Waals surface area (Å²) in [5, 5.41) is 21.8. The van der Waals surface area contributed by atoms with Gasteiger partial charge in [0.2, 0.25) is 0 Å². The van der Waals surface area contributed by atoms with Gasteiger partial charge in [-0.3, -0.25) is 14.4 Å². The number of para-hydroxylation sites is 1. The summed E-state index contributed by atoms with van der Waals surface area (Å²) in [5.41, 5.74) is -0.469. The van der Waals surface area contributed by atoms with Gasteiger partial charge in [-0.05, 0) is 23.8 Å². The minimum atomic E-state index is -1.29. The maximum atomic E-state index is 12.6. The van der Waals surface area contributed by atoms with Crippen LogP contribution in [0.3, 0.4) is 0 Å². The third-order valence-electron chi connectivity index (χ3n) is 4.88. The van der Waals surface area contributed by atoms with Crippen LogP contribution in [0.1, 0.15) is 15.9 Å². The highest BCUT2D eigenvalue weighted by Crippen LogP contribution is 2.37. The van der Waals surface area contributed by atoms with E-state index in [9.17, 15) is 19.5 Å². The van der Waals surface area contributed by atoms with Crippen LogP contribution in [0.25, 0.3) is 10.9 Å². The van der Waals surface area contributed by atoms with Gasteiger partial charge in [-0.25, -0.2) is 0 Å². The van der Waals surface area contributed by atoms with Gasteiger partial charge < -0.3 is 30.0 Å². The summed E-state index contributed by atoms with van der Waals surface area (Å²) in [6.07, 6.45) is 0. The lowest BCUT2D eigenvalue weighted by Gasteiger charge is -2.15. The Morgan fingerprint density at radius 3 is 2.29 bits per heavy atom. The van der Waals surface area contributed by atoms with E-state index in [1.54, 1.807) is 30.3 Å². The average Bonchev–Trinajstić information content (AvgIpc) is 2.83. The number of fused-ring (bicyclic) bond motifs is 1. The van der Waals surface area contributed by atoms with Crippen molar-refractivity contribution >= 4 is 22.8 Å². The number of H-pyrrole nitrogens is 1. The molecule has 34 heavy (non-hydrogen) atoms. The number of nitrogens with one attached hydrogen (secondary N) is 2. The fourth-order valence-electron chi connectivity index (χ4n) is 3.31. The summed E-state index contributed by atoms with van der Waals surface area (Å²) in [6.45, 7) is -0.535. The minimum Gasteiger partial charge on any atom is -0.506 e. The summed E-state index contributed by atoms with van der Waals surface area (Å²) in [4.78, 5) is 38.4. The molecule has 0 atom stereocenters. The lowest BCUT2D eigenvalue weighted by molar-refractivity contribution is -0.135. The van der Waals surface area contributed by atoms with E-state index in [0.29, 0.717) is 11.5 Å². The van der Waals surface area contributed by atoms with Gasteiger partial charge in [-0.2, -0.15) is 0 Å². The van der Waals surface area contributed by atoms with Gasteiger partial charge in [0.15, 0.2) is 0 Å². The molecular weight excluding hydrogens is 440 g/mol. The van der Waals surface area contributed by atoms with E-state index >= 15 is 0 Å². The summed E-state index contributed by atoms with van der Waals surface area (Å²) in [6, 6.07) is 21.3. The zero-order valence-corrected chi connectivity index (χ0v) is 17.8. The number of ether oxygens (including phenoxy) is 2. The number of benzene rings is 3. The maximum absolute atomic E-state index is 12.6. The van der Waals surface area contributed by atoms with E-state index in [2.05, 4.69) is 10.3 Å². The number of hydrogen-bond donors (Lipinski definition) is 4. The summed E-state index contributed by atoms with van der Waals surface area (Å²) in [7, 11) is 0. The fraction of sp³-hybridized carbons (Fsp3) is 0.0800. The number of carboxylic acid groups (broad SMARTS) is 1. The molecule has 0 spiro atoms. The highest BCUT2D eigenvalue weighted by molar-refractivity contribution is 6.04. The van der Waals surface area contributed by atoms with E-state index in [-0.39, 0.29) is 23.3 Å². The Balaban J connectivity index is 1.80. The SMILES string of the molecule is O=C(O)CNC(=O)c1c(O)c2cc(Oc3ccccc3)cc(OCc3ccccc3)c2[nH]c1=O. The molecule has 0 radical (unpaired) electrons. The van der Waals surface area contributed by atoms with Crippen molar-refractivity contribution in [1.29, 1.82) is 0 Å². The molecular formula is C25H20N2O7. The second-order valence-electron chi connectivity index (χ2n) is 7.29. The van der Waals surface area contributed by atoms with Gasteiger partial charge in [0.1, 0.15) is 41.7 Å². The Morgan fingerprint density at radius 2 is 1.62 bits per heavy atom. The third-order valence-corrected chi connectivity index (χ3v) is 4.88. The number of aromatic amines is 1. The molecule has 0 bridgehead atoms. The van der Waals surface area contributed by atoms with E-state index < -0.39 is 35.3 Å². The van der Waals surface area contributed by atoms with Gasteiger partial charge in [-0.15, -0.1) is 0 Å². The summed E-state index contributed by atoms with van der Waals surface area (Å²) >= 11 is 0. The van der Waals surface area contributed by atoms with E-state index in [0.717, 1.165) is 5.56 Å². The number of aromatic nitrogens is 1. The largest absolute Gasteiger partial charge is 0.506 e. The molecule has 4 rings (SSSR count). The van der Waals surface area contributed by atoms with E-state index in [4.69, 9.17) is 14.6 Å². The third kappa shape index (κ3) is 4.99. The molecule has 0 aliphatic carbocycles. The number of amides is 1. The second kappa shape index (κ2) is 9.78. The molecule has 1 amide bonds. The molecule has 0 fully saturated rings. The molecule has 0 saturated heterocycles. The van der Waals surface area contributed by atoms with Crippen molar-refractivity contribution in [1.82, 2.24) is 10.3 Å². The predicted molar refractivity (Wildman–Crippen MR) is 123 cm³/mol. The first-order chi connectivity index (χ1) is 16.4. The molecule has 0 aliphatic heterocycles. The first kappa shape index (κ1) is 22.4. The number of aliphatic carboxylic acids is 1. The van der Waals surface area contributed by atoms with Crippen molar-refractivity contribution in [2.45, 2.75) is 6.61 Å². The van der Waals surface area contributed by atoms with Gasteiger partial charge in [0.05, 0.1) is 5.52 Å². The van der Waals surface area contributed by atoms with Crippen LogP contribution in [-0.4, -0.2) is 33.6 Å². The van der Waals surface area contributed by atoms with Crippen molar-refractivity contribution in [2.75, 3.05) is 6.54 Å². The first-order valence-electron chi connectivity index (χ1n) is 10.2. The Labute approximate surface area is 193 Å². The topological polar surface area (TPSA) is 138 Å². The average molecular weight is 460 g/mol. The molecule has 172 valence electrons. The highest BCUT2D eigenvalue weighted by Gasteiger charge is 2.22. The fourth-order valence-corrected chi connectivity index (χ4v) is 3.31. The molecule has 1 aromatic heterocycles. The molecule has 4 N–H and O–H groups in total. The minimum absolute atomic E-state index is 0.0940. The first-order valence-corrected chi connectivity index (χ1v) is 10.2. The summed E-state index contributed by atoms with van der Waals surface area (Å²) < 4.78 is 11.8. The molecule has 3 aromatic carbocycles. The van der Waals surface area contributed by atoms with Gasteiger partial charge >= 0.3 is 5.97 Å². The van der Waals surface area contributed by atoms with Crippen LogP contribution in [0.4, 0.5) is 0 Å². The second-order valence-corrected chi connectivity index (χ2v) is 7.29. The van der Waals surface area contributed by atoms with Crippen LogP contribution in [0.2, 0.25) is 0 Å². The van der Waals surface area contributed by atoms with Gasteiger partial charge in [0.25, 0.3) is 11.5 Å². The lowest BCUT2D eigenvalue weighted by atomic mass is 10.1. The van der Waals surface area contributed by atoms with Crippen LogP contribution >= 0.6 is 0 Å². The van der Waals surface area contributed by atoms with Crippen LogP contribution in [-0.2, 0) is 11.4 Å². The smallest absolute Gasteiger partial charge is 0.322 e. The van der Waals surface area contributed by atoms with Crippen LogP contribution in [0.15, 0.2) is 77.6 Å². The Kier molecular flexibility index (Phi) is 6.45. The molecule has 9 nitrogen and oxygen atoms in total. The van der Waals surface area contributed by atoms with Gasteiger partial charge in [-0.1, -0.05) is 48.5 Å². The Bertz CT molecular complexity index is 1400. The number of rotatable bonds is 8. The van der Waals surface area contributed by atoms with Crippen molar-refractivity contribution in [3.05, 3.63) is 94.3 Å². The zero-order valence-electron chi connectivity index (χ0n) is 17.8. The quantitative estimate of drug-likeness (QED) is 0.316. The number of carboxylic acids is 1. The Hall–Kier alpha value is -4.79. The van der Waals surface area contributed by atoms with E-state index in [1.807, 2.05) is 36.4 Å². The number of hydrogen-bond acceptors (Lipinski definition) is 6. The number of carbonyl (C=O) groups excluding carboxylic acids is 1. The van der Waals surface area contributed by atoms with E-state index in [1.165, 1.54) is 6.07 Å². The van der Waals surface area contributed by atoms with Crippen LogP contribution in [0.5, 0.6) is 23.0 Å². The number of carbonyl (C=O) groups is 2. The predicted octanol–water partition coefficient (Wildman–Crippen LogP) is 3.42. The molecule has 9 heteroatoms. The van der Waals surface area contributed by atoms with Crippen LogP contribution in [0, 0.1) is 0 Å². The number of pyridine rings is 1. The Morgan fingerprint density at radius 1 is 0.941 bits per heavy atom. The van der Waals surface area contributed by atoms with Crippen molar-refractivity contribution in [3.8, 4) is 23.0 Å². The highest BCUT2D eigenvalue weighted by atomic mass is 16.5. The lowest BCUT2D eigenvalue weighted by Crippen LogP contribution is -2.33. The number of aromatic hydroxyl groups is 1. The maximum Gasteiger partial charge on any atom is 0.322 e. The molecule has 4 aromatic rings. The van der Waals surface area contributed by atoms with Crippen molar-refractivity contribution < 1.29 is 29.3 Å². The van der Waals surface area contributed by atoms with Crippen molar-refractivity contribution in [2.24, 2.45) is 0 Å².